The zero-order chi connectivity index (χ0) is 41.6. The summed E-state index contributed by atoms with van der Waals surface area (Å²) < 4.78 is 0. The van der Waals surface area contributed by atoms with Gasteiger partial charge in [-0.15, -0.1) is 0 Å². The van der Waals surface area contributed by atoms with Gasteiger partial charge >= 0.3 is 23.9 Å². The standard InChI is InChI=1S/C41H58O13/c1-23(2)38(9,10)51-47-34(43)29-19-17-27(21-31(29)36(45)49-53-40(13,14)25(5)6)33(42)28-18-20-30(35(44)48-52-39(11,12)24(3)4)32(22-28)37(46)50-54-41(15,16)26(7)8/h17-26H,1-16H3. The molecule has 0 N–H and O–H groups in total. The van der Waals surface area contributed by atoms with Gasteiger partial charge in [-0.2, -0.15) is 19.6 Å². The third-order valence-corrected chi connectivity index (χ3v) is 10.3. The Hall–Kier alpha value is -4.17. The van der Waals surface area contributed by atoms with Gasteiger partial charge in [-0.1, -0.05) is 67.5 Å². The molecular formula is C41H58O13. The SMILES string of the molecule is CC(C)C(C)(C)OOC(=O)c1ccc(C(=O)c2ccc(C(=O)OOC(C)(C)C(C)C)c(C(=O)OOC(C)(C)C(C)C)c2)cc1C(=O)OOC(C)(C)C(C)C. The van der Waals surface area contributed by atoms with Gasteiger partial charge in [0.25, 0.3) is 0 Å². The van der Waals surface area contributed by atoms with E-state index in [1.807, 2.05) is 55.4 Å². The highest BCUT2D eigenvalue weighted by Crippen LogP contribution is 2.28. The van der Waals surface area contributed by atoms with Crippen molar-refractivity contribution in [3.05, 3.63) is 69.8 Å². The van der Waals surface area contributed by atoms with E-state index < -0.39 is 52.1 Å². The maximum absolute atomic E-state index is 14.0. The Kier molecular flexibility index (Phi) is 15.3. The second-order valence-corrected chi connectivity index (χ2v) is 16.7. The lowest BCUT2D eigenvalue weighted by Crippen LogP contribution is -2.33. The number of hydrogen-bond acceptors (Lipinski definition) is 13. The molecule has 0 unspecified atom stereocenters. The van der Waals surface area contributed by atoms with Crippen LogP contribution in [-0.2, 0) is 39.1 Å². The van der Waals surface area contributed by atoms with Crippen molar-refractivity contribution < 1.29 is 63.1 Å². The molecule has 2 rings (SSSR count). The molecule has 0 saturated carbocycles. The summed E-state index contributed by atoms with van der Waals surface area (Å²) in [5.41, 5.74) is -4.93. The summed E-state index contributed by atoms with van der Waals surface area (Å²) >= 11 is 0. The fraction of sp³-hybridized carbons (Fsp3) is 0.585. The van der Waals surface area contributed by atoms with Crippen LogP contribution in [0.2, 0.25) is 0 Å². The zero-order valence-electron chi connectivity index (χ0n) is 34.6. The van der Waals surface area contributed by atoms with Crippen molar-refractivity contribution >= 4 is 29.7 Å². The Balaban J connectivity index is 2.64. The molecule has 0 atom stereocenters. The average molecular weight is 759 g/mol. The first-order valence-corrected chi connectivity index (χ1v) is 18.1. The van der Waals surface area contributed by atoms with Crippen molar-refractivity contribution in [2.24, 2.45) is 23.7 Å². The minimum Gasteiger partial charge on any atom is -0.292 e. The van der Waals surface area contributed by atoms with Crippen LogP contribution in [0.25, 0.3) is 0 Å². The fourth-order valence-electron chi connectivity index (χ4n) is 3.38. The molecule has 0 aliphatic carbocycles. The maximum Gasteiger partial charge on any atom is 0.374 e. The molecule has 0 fully saturated rings. The van der Waals surface area contributed by atoms with Crippen LogP contribution in [0, 0.1) is 23.7 Å². The largest absolute Gasteiger partial charge is 0.374 e. The molecule has 0 spiro atoms. The molecule has 54 heavy (non-hydrogen) atoms. The van der Waals surface area contributed by atoms with Gasteiger partial charge in [0.05, 0.1) is 22.3 Å². The van der Waals surface area contributed by atoms with Gasteiger partial charge in [-0.05, 0) is 103 Å². The van der Waals surface area contributed by atoms with Crippen LogP contribution in [-0.4, -0.2) is 52.1 Å². The van der Waals surface area contributed by atoms with Gasteiger partial charge in [0, 0.05) is 11.1 Å². The topological polar surface area (TPSA) is 159 Å². The Labute approximate surface area is 319 Å². The predicted molar refractivity (Wildman–Crippen MR) is 198 cm³/mol. The highest BCUT2D eigenvalue weighted by atomic mass is 17.2. The van der Waals surface area contributed by atoms with E-state index in [0.29, 0.717) is 0 Å². The highest BCUT2D eigenvalue weighted by Gasteiger charge is 2.34. The molecule has 0 aliphatic heterocycles. The summed E-state index contributed by atoms with van der Waals surface area (Å²) in [6.45, 7) is 28.8. The van der Waals surface area contributed by atoms with Crippen LogP contribution in [0.4, 0.5) is 0 Å². The van der Waals surface area contributed by atoms with Gasteiger partial charge in [0.15, 0.2) is 5.78 Å². The van der Waals surface area contributed by atoms with E-state index in [-0.39, 0.29) is 57.1 Å². The average Bonchev–Trinajstić information content (AvgIpc) is 3.09. The van der Waals surface area contributed by atoms with Crippen LogP contribution >= 0.6 is 0 Å². The third kappa shape index (κ3) is 11.9. The number of carbonyl (C=O) groups excluding carboxylic acids is 5. The molecule has 2 aromatic carbocycles. The lowest BCUT2D eigenvalue weighted by Gasteiger charge is -2.27. The molecule has 0 saturated heterocycles. The van der Waals surface area contributed by atoms with Crippen LogP contribution < -0.4 is 0 Å². The molecule has 300 valence electrons. The minimum absolute atomic E-state index is 0.0375. The number of rotatable bonds is 18. The van der Waals surface area contributed by atoms with Crippen LogP contribution in [0.15, 0.2) is 36.4 Å². The second-order valence-electron chi connectivity index (χ2n) is 16.7. The first-order chi connectivity index (χ1) is 24.6. The monoisotopic (exact) mass is 758 g/mol. The lowest BCUT2D eigenvalue weighted by molar-refractivity contribution is -0.318. The van der Waals surface area contributed by atoms with Gasteiger partial charge in [-0.25, -0.2) is 19.2 Å². The number of hydrogen-bond donors (Lipinski definition) is 0. The van der Waals surface area contributed by atoms with Gasteiger partial charge in [0.2, 0.25) is 0 Å². The van der Waals surface area contributed by atoms with Crippen molar-refractivity contribution in [2.75, 3.05) is 0 Å². The fourth-order valence-corrected chi connectivity index (χ4v) is 3.38. The normalized spacial score (nSPS) is 12.7. The number of ketones is 1. The molecular weight excluding hydrogens is 700 g/mol. The quantitative estimate of drug-likeness (QED) is 0.0806. The molecule has 0 aliphatic rings. The molecule has 0 heterocycles. The van der Waals surface area contributed by atoms with Crippen LogP contribution in [0.5, 0.6) is 0 Å². The molecule has 13 heteroatoms. The Morgan fingerprint density at radius 3 is 0.833 bits per heavy atom. The Morgan fingerprint density at radius 1 is 0.389 bits per heavy atom. The number of benzene rings is 2. The summed E-state index contributed by atoms with van der Waals surface area (Å²) in [5.74, 6) is -5.09. The molecule has 0 bridgehead atoms. The van der Waals surface area contributed by atoms with Gasteiger partial charge in [-0.3, -0.25) is 24.3 Å². The Morgan fingerprint density at radius 2 is 0.611 bits per heavy atom. The molecule has 0 radical (unpaired) electrons. The van der Waals surface area contributed by atoms with Crippen molar-refractivity contribution in [1.82, 2.24) is 0 Å². The summed E-state index contributed by atoms with van der Waals surface area (Å²) in [6, 6.07) is 7.27. The van der Waals surface area contributed by atoms with E-state index in [9.17, 15) is 24.0 Å². The zero-order valence-corrected chi connectivity index (χ0v) is 34.6. The first-order valence-electron chi connectivity index (χ1n) is 18.1. The Bertz CT molecular complexity index is 1560. The molecule has 13 nitrogen and oxygen atoms in total. The smallest absolute Gasteiger partial charge is 0.292 e. The number of carbonyl (C=O) groups is 5. The van der Waals surface area contributed by atoms with E-state index in [4.69, 9.17) is 39.1 Å². The summed E-state index contributed by atoms with van der Waals surface area (Å²) in [6.07, 6.45) is 0. The van der Waals surface area contributed by atoms with E-state index >= 15 is 0 Å². The molecule has 0 aromatic heterocycles. The van der Waals surface area contributed by atoms with Crippen molar-refractivity contribution in [2.45, 2.75) is 133 Å². The van der Waals surface area contributed by atoms with Crippen LogP contribution in [0.1, 0.15) is 168 Å². The molecule has 2 aromatic rings. The van der Waals surface area contributed by atoms with Gasteiger partial charge < -0.3 is 0 Å². The van der Waals surface area contributed by atoms with E-state index in [1.165, 1.54) is 24.3 Å². The maximum atomic E-state index is 14.0. The summed E-state index contributed by atoms with van der Waals surface area (Å²) in [7, 11) is 0. The lowest BCUT2D eigenvalue weighted by atomic mass is 9.95. The van der Waals surface area contributed by atoms with E-state index in [2.05, 4.69) is 0 Å². The third-order valence-electron chi connectivity index (χ3n) is 10.3. The predicted octanol–water partition coefficient (Wildman–Crippen LogP) is 9.01. The highest BCUT2D eigenvalue weighted by molar-refractivity contribution is 6.13. The minimum atomic E-state index is -1.08. The first kappa shape index (κ1) is 46.0. The summed E-state index contributed by atoms with van der Waals surface area (Å²) in [5, 5.41) is 0. The van der Waals surface area contributed by atoms with Crippen molar-refractivity contribution in [3.63, 3.8) is 0 Å². The van der Waals surface area contributed by atoms with Crippen molar-refractivity contribution in [3.8, 4) is 0 Å². The van der Waals surface area contributed by atoms with Crippen molar-refractivity contribution in [1.29, 1.82) is 0 Å². The van der Waals surface area contributed by atoms with Gasteiger partial charge in [0.1, 0.15) is 22.4 Å². The van der Waals surface area contributed by atoms with E-state index in [0.717, 1.165) is 12.1 Å². The second kappa shape index (κ2) is 18.0. The van der Waals surface area contributed by atoms with E-state index in [1.54, 1.807) is 55.4 Å². The van der Waals surface area contributed by atoms with Crippen LogP contribution in [0.3, 0.4) is 0 Å². The molecule has 0 amide bonds. The summed E-state index contributed by atoms with van der Waals surface area (Å²) in [4.78, 5) is 110.